The SMILES string of the molecule is N#Cc1ccc(Cl)cc1NCCC1=CCOCC1. The lowest BCUT2D eigenvalue weighted by Gasteiger charge is -2.14. The topological polar surface area (TPSA) is 45.0 Å². The van der Waals surface area contributed by atoms with Crippen molar-refractivity contribution in [2.45, 2.75) is 12.8 Å². The molecule has 0 aliphatic carbocycles. The summed E-state index contributed by atoms with van der Waals surface area (Å²) >= 11 is 5.92. The maximum absolute atomic E-state index is 9.00. The third-order valence-electron chi connectivity index (χ3n) is 2.92. The van der Waals surface area contributed by atoms with Crippen molar-refractivity contribution in [2.24, 2.45) is 0 Å². The molecule has 18 heavy (non-hydrogen) atoms. The minimum Gasteiger partial charge on any atom is -0.384 e. The summed E-state index contributed by atoms with van der Waals surface area (Å²) in [5.74, 6) is 0. The van der Waals surface area contributed by atoms with Crippen LogP contribution >= 0.6 is 11.6 Å². The molecule has 0 spiro atoms. The molecule has 0 unspecified atom stereocenters. The quantitative estimate of drug-likeness (QED) is 0.847. The van der Waals surface area contributed by atoms with Crippen LogP contribution in [0.15, 0.2) is 29.8 Å². The first kappa shape index (κ1) is 12.9. The second kappa shape index (κ2) is 6.44. The highest BCUT2D eigenvalue weighted by atomic mass is 35.5. The molecule has 1 N–H and O–H groups in total. The molecule has 1 heterocycles. The van der Waals surface area contributed by atoms with Crippen LogP contribution in [0.5, 0.6) is 0 Å². The highest BCUT2D eigenvalue weighted by Crippen LogP contribution is 2.21. The van der Waals surface area contributed by atoms with Crippen LogP contribution < -0.4 is 5.32 Å². The lowest BCUT2D eigenvalue weighted by molar-refractivity contribution is 0.153. The second-order valence-corrected chi connectivity index (χ2v) is 4.60. The summed E-state index contributed by atoms with van der Waals surface area (Å²) in [7, 11) is 0. The van der Waals surface area contributed by atoms with Gasteiger partial charge in [0.15, 0.2) is 0 Å². The second-order valence-electron chi connectivity index (χ2n) is 4.17. The standard InChI is InChI=1S/C14H15ClN2O/c15-13-2-1-12(10-16)14(9-13)17-6-3-11-4-7-18-8-5-11/h1-2,4,9,17H,3,5-8H2. The summed E-state index contributed by atoms with van der Waals surface area (Å²) in [6.07, 6.45) is 4.11. The maximum atomic E-state index is 9.00. The predicted octanol–water partition coefficient (Wildman–Crippen LogP) is 3.36. The Morgan fingerprint density at radius 3 is 3.06 bits per heavy atom. The molecule has 2 rings (SSSR count). The number of hydrogen-bond donors (Lipinski definition) is 1. The van der Waals surface area contributed by atoms with Crippen LogP contribution in [0.2, 0.25) is 5.02 Å². The van der Waals surface area contributed by atoms with Gasteiger partial charge in [0.25, 0.3) is 0 Å². The van der Waals surface area contributed by atoms with E-state index in [2.05, 4.69) is 17.5 Å². The monoisotopic (exact) mass is 262 g/mol. The Morgan fingerprint density at radius 2 is 2.33 bits per heavy atom. The minimum atomic E-state index is 0.625. The molecule has 0 atom stereocenters. The van der Waals surface area contributed by atoms with Crippen molar-refractivity contribution in [1.29, 1.82) is 5.26 Å². The molecule has 0 aromatic heterocycles. The first-order valence-electron chi connectivity index (χ1n) is 5.99. The van der Waals surface area contributed by atoms with Crippen molar-refractivity contribution in [3.05, 3.63) is 40.4 Å². The third-order valence-corrected chi connectivity index (χ3v) is 3.16. The zero-order valence-corrected chi connectivity index (χ0v) is 10.8. The van der Waals surface area contributed by atoms with Crippen LogP contribution in [0, 0.1) is 11.3 Å². The van der Waals surface area contributed by atoms with Crippen LogP contribution in [0.1, 0.15) is 18.4 Å². The lowest BCUT2D eigenvalue weighted by Crippen LogP contribution is -2.09. The number of ether oxygens (including phenoxy) is 1. The maximum Gasteiger partial charge on any atom is 0.101 e. The number of rotatable bonds is 4. The van der Waals surface area contributed by atoms with Crippen LogP contribution in [0.3, 0.4) is 0 Å². The van der Waals surface area contributed by atoms with Gasteiger partial charge in [0.2, 0.25) is 0 Å². The Hall–Kier alpha value is -1.50. The van der Waals surface area contributed by atoms with Gasteiger partial charge < -0.3 is 10.1 Å². The van der Waals surface area contributed by atoms with Crippen molar-refractivity contribution >= 4 is 17.3 Å². The van der Waals surface area contributed by atoms with Crippen molar-refractivity contribution < 1.29 is 4.74 Å². The molecule has 0 radical (unpaired) electrons. The van der Waals surface area contributed by atoms with Gasteiger partial charge in [-0.25, -0.2) is 0 Å². The zero-order chi connectivity index (χ0) is 12.8. The normalized spacial score (nSPS) is 14.8. The zero-order valence-electron chi connectivity index (χ0n) is 10.1. The number of halogens is 1. The highest BCUT2D eigenvalue weighted by Gasteiger charge is 2.05. The molecule has 1 aromatic rings. The molecule has 0 bridgehead atoms. The lowest BCUT2D eigenvalue weighted by atomic mass is 10.1. The van der Waals surface area contributed by atoms with E-state index in [4.69, 9.17) is 21.6 Å². The molecule has 0 saturated carbocycles. The van der Waals surface area contributed by atoms with E-state index in [0.717, 1.165) is 38.3 Å². The van der Waals surface area contributed by atoms with Crippen LogP contribution in [-0.4, -0.2) is 19.8 Å². The molecule has 3 nitrogen and oxygen atoms in total. The fraction of sp³-hybridized carbons (Fsp3) is 0.357. The molecule has 0 amide bonds. The average molecular weight is 263 g/mol. The number of hydrogen-bond acceptors (Lipinski definition) is 3. The molecule has 94 valence electrons. The summed E-state index contributed by atoms with van der Waals surface area (Å²) in [6.45, 7) is 2.34. The third kappa shape index (κ3) is 3.49. The fourth-order valence-electron chi connectivity index (χ4n) is 1.91. The van der Waals surface area contributed by atoms with E-state index in [1.807, 2.05) is 0 Å². The molecule has 0 saturated heterocycles. The number of nitriles is 1. The Morgan fingerprint density at radius 1 is 1.44 bits per heavy atom. The predicted molar refractivity (Wildman–Crippen MR) is 72.8 cm³/mol. The van der Waals surface area contributed by atoms with Crippen molar-refractivity contribution in [3.8, 4) is 6.07 Å². The molecule has 0 fully saturated rings. The summed E-state index contributed by atoms with van der Waals surface area (Å²) in [5, 5.41) is 12.9. The largest absolute Gasteiger partial charge is 0.384 e. The van der Waals surface area contributed by atoms with Gasteiger partial charge in [0.05, 0.1) is 24.5 Å². The van der Waals surface area contributed by atoms with Crippen LogP contribution in [0.4, 0.5) is 5.69 Å². The van der Waals surface area contributed by atoms with Gasteiger partial charge in [-0.2, -0.15) is 5.26 Å². The van der Waals surface area contributed by atoms with Crippen LogP contribution in [0.25, 0.3) is 0 Å². The average Bonchev–Trinajstić information content (AvgIpc) is 2.40. The summed E-state index contributed by atoms with van der Waals surface area (Å²) < 4.78 is 5.26. The van der Waals surface area contributed by atoms with E-state index in [9.17, 15) is 0 Å². The summed E-state index contributed by atoms with van der Waals surface area (Å²) in [4.78, 5) is 0. The van der Waals surface area contributed by atoms with Gasteiger partial charge in [0.1, 0.15) is 6.07 Å². The highest BCUT2D eigenvalue weighted by molar-refractivity contribution is 6.30. The van der Waals surface area contributed by atoms with Gasteiger partial charge in [-0.3, -0.25) is 0 Å². The van der Waals surface area contributed by atoms with Gasteiger partial charge in [-0.15, -0.1) is 0 Å². The van der Waals surface area contributed by atoms with Gasteiger partial charge >= 0.3 is 0 Å². The van der Waals surface area contributed by atoms with E-state index >= 15 is 0 Å². The van der Waals surface area contributed by atoms with E-state index < -0.39 is 0 Å². The smallest absolute Gasteiger partial charge is 0.101 e. The Kier molecular flexibility index (Phi) is 4.63. The fourth-order valence-corrected chi connectivity index (χ4v) is 2.08. The summed E-state index contributed by atoms with van der Waals surface area (Å²) in [5.41, 5.74) is 2.84. The van der Waals surface area contributed by atoms with E-state index in [0.29, 0.717) is 10.6 Å². The van der Waals surface area contributed by atoms with Crippen molar-refractivity contribution in [2.75, 3.05) is 25.1 Å². The first-order valence-corrected chi connectivity index (χ1v) is 6.36. The van der Waals surface area contributed by atoms with E-state index in [1.165, 1.54) is 5.57 Å². The molecule has 1 aliphatic rings. The Labute approximate surface area is 112 Å². The Balaban J connectivity index is 1.92. The minimum absolute atomic E-state index is 0.625. The number of benzene rings is 1. The molecule has 1 aromatic carbocycles. The number of anilines is 1. The summed E-state index contributed by atoms with van der Waals surface area (Å²) in [6, 6.07) is 7.41. The van der Waals surface area contributed by atoms with Gasteiger partial charge in [0, 0.05) is 11.6 Å². The van der Waals surface area contributed by atoms with Crippen molar-refractivity contribution in [3.63, 3.8) is 0 Å². The first-order chi connectivity index (χ1) is 8.79. The van der Waals surface area contributed by atoms with Gasteiger partial charge in [-0.05, 0) is 31.0 Å². The molecule has 4 heteroatoms. The van der Waals surface area contributed by atoms with Gasteiger partial charge in [-0.1, -0.05) is 23.3 Å². The van der Waals surface area contributed by atoms with Crippen molar-refractivity contribution in [1.82, 2.24) is 0 Å². The molecular formula is C14H15ClN2O. The Bertz CT molecular complexity index is 491. The van der Waals surface area contributed by atoms with E-state index in [-0.39, 0.29) is 0 Å². The molecular weight excluding hydrogens is 248 g/mol. The van der Waals surface area contributed by atoms with Crippen LogP contribution in [-0.2, 0) is 4.74 Å². The number of nitrogens with one attached hydrogen (secondary N) is 1. The van der Waals surface area contributed by atoms with E-state index in [1.54, 1.807) is 18.2 Å². The number of nitrogens with zero attached hydrogens (tertiary/aromatic N) is 1. The molecule has 1 aliphatic heterocycles.